The molecule has 3 N–H and O–H groups in total. The van der Waals surface area contributed by atoms with E-state index in [-0.39, 0.29) is 24.3 Å². The van der Waals surface area contributed by atoms with E-state index in [2.05, 4.69) is 30.8 Å². The molecule has 2 heterocycles. The van der Waals surface area contributed by atoms with Crippen LogP contribution >= 0.6 is 11.6 Å². The highest BCUT2D eigenvalue weighted by atomic mass is 35.5. The van der Waals surface area contributed by atoms with Crippen molar-refractivity contribution in [2.75, 3.05) is 36.4 Å². The molecule has 7 nitrogen and oxygen atoms in total. The van der Waals surface area contributed by atoms with E-state index in [9.17, 15) is 9.18 Å². The number of pyridine rings is 1. The number of nitrogens with zero attached hydrogens (tertiary/aromatic N) is 3. The number of nitrogens with one attached hydrogen (secondary N) is 3. The van der Waals surface area contributed by atoms with E-state index in [4.69, 9.17) is 11.6 Å². The van der Waals surface area contributed by atoms with Crippen molar-refractivity contribution >= 4 is 35.0 Å². The van der Waals surface area contributed by atoms with Gasteiger partial charge in [0.05, 0.1) is 5.02 Å². The third kappa shape index (κ3) is 6.05. The van der Waals surface area contributed by atoms with Crippen molar-refractivity contribution in [3.05, 3.63) is 53.4 Å². The summed E-state index contributed by atoms with van der Waals surface area (Å²) in [6, 6.07) is 9.41. The van der Waals surface area contributed by atoms with Crippen molar-refractivity contribution in [2.45, 2.75) is 19.4 Å². The number of hydrogen-bond donors (Lipinski definition) is 3. The molecule has 0 bridgehead atoms. The number of anilines is 2. The molecule has 1 fully saturated rings. The van der Waals surface area contributed by atoms with Crippen molar-refractivity contribution in [1.29, 1.82) is 0 Å². The van der Waals surface area contributed by atoms with Gasteiger partial charge in [0.1, 0.15) is 18.2 Å². The summed E-state index contributed by atoms with van der Waals surface area (Å²) in [5.41, 5.74) is 0.531. The Bertz CT molecular complexity index is 860. The van der Waals surface area contributed by atoms with Gasteiger partial charge in [-0.2, -0.15) is 0 Å². The van der Waals surface area contributed by atoms with E-state index in [1.807, 2.05) is 19.1 Å². The Morgan fingerprint density at radius 2 is 2.14 bits per heavy atom. The molecule has 0 spiro atoms. The molecule has 1 aromatic carbocycles. The Hall–Kier alpha value is -2.87. The molecule has 1 aliphatic heterocycles. The second kappa shape index (κ2) is 10.1. The fraction of sp³-hybridized carbons (Fsp3) is 0.350. The van der Waals surface area contributed by atoms with Crippen LogP contribution in [0.4, 0.5) is 15.9 Å². The molecule has 9 heteroatoms. The lowest BCUT2D eigenvalue weighted by Gasteiger charge is -2.20. The lowest BCUT2D eigenvalue weighted by atomic mass is 10.3. The highest BCUT2D eigenvalue weighted by Gasteiger charge is 2.25. The van der Waals surface area contributed by atoms with Crippen LogP contribution in [0, 0.1) is 5.82 Å². The lowest BCUT2D eigenvalue weighted by molar-refractivity contribution is -0.114. The van der Waals surface area contributed by atoms with E-state index >= 15 is 0 Å². The highest BCUT2D eigenvalue weighted by Crippen LogP contribution is 2.25. The van der Waals surface area contributed by atoms with Gasteiger partial charge in [-0.1, -0.05) is 11.6 Å². The standard InChI is InChI=1S/C20H24ClFN6O/c1-2-23-20(25-12-18(29)26-15-7-5-14(22)6-8-15)27-16-9-11-28(13-16)19-17(21)4-3-10-24-19/h3-8,10,16H,2,9,11-13H2,1H3,(H,26,29)(H2,23,25,27). The number of guanidine groups is 1. The van der Waals surface area contributed by atoms with Gasteiger partial charge in [-0.15, -0.1) is 0 Å². The topological polar surface area (TPSA) is 81.6 Å². The van der Waals surface area contributed by atoms with Crippen LogP contribution in [0.2, 0.25) is 5.02 Å². The first-order valence-corrected chi connectivity index (χ1v) is 9.88. The minimum absolute atomic E-state index is 0.0464. The smallest absolute Gasteiger partial charge is 0.246 e. The van der Waals surface area contributed by atoms with Crippen LogP contribution in [0.1, 0.15) is 13.3 Å². The molecule has 0 saturated carbocycles. The minimum atomic E-state index is -0.350. The van der Waals surface area contributed by atoms with Gasteiger partial charge in [-0.05, 0) is 49.7 Å². The lowest BCUT2D eigenvalue weighted by Crippen LogP contribution is -2.45. The van der Waals surface area contributed by atoms with Crippen LogP contribution in [0.25, 0.3) is 0 Å². The monoisotopic (exact) mass is 418 g/mol. The number of hydrogen-bond acceptors (Lipinski definition) is 4. The molecule has 1 aliphatic rings. The maximum atomic E-state index is 12.9. The van der Waals surface area contributed by atoms with Crippen molar-refractivity contribution < 1.29 is 9.18 Å². The van der Waals surface area contributed by atoms with Gasteiger partial charge in [-0.3, -0.25) is 4.79 Å². The maximum absolute atomic E-state index is 12.9. The SMILES string of the molecule is CCNC(=NCC(=O)Nc1ccc(F)cc1)NC1CCN(c2ncccc2Cl)C1. The largest absolute Gasteiger partial charge is 0.357 e. The van der Waals surface area contributed by atoms with Crippen molar-refractivity contribution in [1.82, 2.24) is 15.6 Å². The molecule has 29 heavy (non-hydrogen) atoms. The molecule has 0 radical (unpaired) electrons. The molecule has 0 aliphatic carbocycles. The molecular weight excluding hydrogens is 395 g/mol. The predicted molar refractivity (Wildman–Crippen MR) is 114 cm³/mol. The number of halogens is 2. The van der Waals surface area contributed by atoms with Gasteiger partial charge < -0.3 is 20.9 Å². The Morgan fingerprint density at radius 1 is 1.34 bits per heavy atom. The van der Waals surface area contributed by atoms with Crippen molar-refractivity contribution in [2.24, 2.45) is 4.99 Å². The van der Waals surface area contributed by atoms with Gasteiger partial charge in [0.15, 0.2) is 5.96 Å². The summed E-state index contributed by atoms with van der Waals surface area (Å²) >= 11 is 6.24. The van der Waals surface area contributed by atoms with Crippen LogP contribution in [0.5, 0.6) is 0 Å². The van der Waals surface area contributed by atoms with Crippen molar-refractivity contribution in [3.63, 3.8) is 0 Å². The minimum Gasteiger partial charge on any atom is -0.357 e. The average Bonchev–Trinajstić information content (AvgIpc) is 3.17. The van der Waals surface area contributed by atoms with E-state index in [1.165, 1.54) is 24.3 Å². The highest BCUT2D eigenvalue weighted by molar-refractivity contribution is 6.32. The Morgan fingerprint density at radius 3 is 2.86 bits per heavy atom. The van der Waals surface area contributed by atoms with Crippen LogP contribution < -0.4 is 20.9 Å². The van der Waals surface area contributed by atoms with E-state index in [0.717, 1.165) is 25.3 Å². The summed E-state index contributed by atoms with van der Waals surface area (Å²) in [5.74, 6) is 0.721. The second-order valence-electron chi connectivity index (χ2n) is 6.64. The zero-order valence-electron chi connectivity index (χ0n) is 16.2. The summed E-state index contributed by atoms with van der Waals surface area (Å²) < 4.78 is 12.9. The normalized spacial score (nSPS) is 16.6. The van der Waals surface area contributed by atoms with Gasteiger partial charge in [0.25, 0.3) is 0 Å². The predicted octanol–water partition coefficient (Wildman–Crippen LogP) is 2.65. The van der Waals surface area contributed by atoms with Gasteiger partial charge >= 0.3 is 0 Å². The molecule has 1 amide bonds. The number of benzene rings is 1. The first kappa shape index (κ1) is 20.9. The molecule has 1 aromatic heterocycles. The molecule has 1 unspecified atom stereocenters. The number of carbonyl (C=O) groups excluding carboxylic acids is 1. The number of carbonyl (C=O) groups is 1. The zero-order valence-corrected chi connectivity index (χ0v) is 16.9. The van der Waals surface area contributed by atoms with Gasteiger partial charge in [-0.25, -0.2) is 14.4 Å². The number of amides is 1. The zero-order chi connectivity index (χ0) is 20.6. The van der Waals surface area contributed by atoms with Crippen LogP contribution in [0.15, 0.2) is 47.6 Å². The molecule has 1 saturated heterocycles. The Balaban J connectivity index is 1.54. The third-order valence-electron chi connectivity index (χ3n) is 4.42. The summed E-state index contributed by atoms with van der Waals surface area (Å²) in [5, 5.41) is 9.84. The maximum Gasteiger partial charge on any atom is 0.246 e. The molecule has 154 valence electrons. The molecule has 1 atom stereocenters. The first-order chi connectivity index (χ1) is 14.0. The van der Waals surface area contributed by atoms with Gasteiger partial charge in [0.2, 0.25) is 5.91 Å². The summed E-state index contributed by atoms with van der Waals surface area (Å²) in [4.78, 5) is 23.0. The van der Waals surface area contributed by atoms with Crippen LogP contribution in [0.3, 0.4) is 0 Å². The van der Waals surface area contributed by atoms with Crippen molar-refractivity contribution in [3.8, 4) is 0 Å². The third-order valence-corrected chi connectivity index (χ3v) is 4.72. The summed E-state index contributed by atoms with van der Waals surface area (Å²) in [6.45, 7) is 4.16. The van der Waals surface area contributed by atoms with Gasteiger partial charge in [0, 0.05) is 37.6 Å². The number of aromatic nitrogens is 1. The fourth-order valence-electron chi connectivity index (χ4n) is 3.08. The fourth-order valence-corrected chi connectivity index (χ4v) is 3.32. The summed E-state index contributed by atoms with van der Waals surface area (Å²) in [6.07, 6.45) is 2.63. The molecular formula is C20H24ClFN6O. The van der Waals surface area contributed by atoms with Crippen LogP contribution in [-0.4, -0.2) is 49.1 Å². The number of aliphatic imine (C=N–C) groups is 1. The van der Waals surface area contributed by atoms with E-state index < -0.39 is 0 Å². The van der Waals surface area contributed by atoms with E-state index in [1.54, 1.807) is 6.20 Å². The van der Waals surface area contributed by atoms with Crippen LogP contribution in [-0.2, 0) is 4.79 Å². The molecule has 2 aromatic rings. The van der Waals surface area contributed by atoms with E-state index in [0.29, 0.717) is 23.2 Å². The number of rotatable bonds is 6. The summed E-state index contributed by atoms with van der Waals surface area (Å²) in [7, 11) is 0. The quantitative estimate of drug-likeness (QED) is 0.496. The second-order valence-corrected chi connectivity index (χ2v) is 7.04. The Kier molecular flexibility index (Phi) is 7.24. The average molecular weight is 419 g/mol. The molecule has 3 rings (SSSR count). The first-order valence-electron chi connectivity index (χ1n) is 9.51. The Labute approximate surface area is 174 Å².